The summed E-state index contributed by atoms with van der Waals surface area (Å²) in [5.74, 6) is -0.967. The highest BCUT2D eigenvalue weighted by Gasteiger charge is 2.19. The Bertz CT molecular complexity index is 930. The molecule has 0 atom stereocenters. The van der Waals surface area contributed by atoms with Crippen LogP contribution in [0.3, 0.4) is 0 Å². The number of hydrogen-bond donors (Lipinski definition) is 3. The van der Waals surface area contributed by atoms with Gasteiger partial charge in [-0.05, 0) is 30.2 Å². The van der Waals surface area contributed by atoms with Gasteiger partial charge in [0, 0.05) is 11.1 Å². The summed E-state index contributed by atoms with van der Waals surface area (Å²) in [7, 11) is 0. The Morgan fingerprint density at radius 2 is 1.61 bits per heavy atom. The Morgan fingerprint density at radius 3 is 2.22 bits per heavy atom. The molecule has 0 fully saturated rings. The smallest absolute Gasteiger partial charge is 0.235 e. The average Bonchev–Trinajstić information content (AvgIpc) is 2.49. The van der Waals surface area contributed by atoms with E-state index in [0.29, 0.717) is 11.1 Å². The molecule has 0 spiro atoms. The van der Waals surface area contributed by atoms with Gasteiger partial charge in [-0.2, -0.15) is 0 Å². The Hall–Kier alpha value is -2.95. The standard InChI is InChI=1S/C18H16O5/c1-9(2)15-12(19)7-10(8-13(15)20)18-17(22)16(21)11-5-3-4-6-14(11)23-18/h3-9,19-20,22H,1-2H3. The van der Waals surface area contributed by atoms with Crippen LogP contribution in [-0.2, 0) is 0 Å². The number of para-hydroxylation sites is 1. The molecule has 23 heavy (non-hydrogen) atoms. The molecule has 0 radical (unpaired) electrons. The molecule has 2 aromatic carbocycles. The normalized spacial score (nSPS) is 11.3. The molecule has 3 N–H and O–H groups in total. The average molecular weight is 312 g/mol. The van der Waals surface area contributed by atoms with Crippen molar-refractivity contribution in [2.24, 2.45) is 0 Å². The second kappa shape index (κ2) is 5.35. The third-order valence-electron chi connectivity index (χ3n) is 3.75. The van der Waals surface area contributed by atoms with Crippen molar-refractivity contribution in [2.45, 2.75) is 19.8 Å². The molecule has 5 nitrogen and oxygen atoms in total. The van der Waals surface area contributed by atoms with E-state index >= 15 is 0 Å². The summed E-state index contributed by atoms with van der Waals surface area (Å²) < 4.78 is 5.60. The molecule has 3 aromatic rings. The van der Waals surface area contributed by atoms with Crippen LogP contribution in [0.2, 0.25) is 0 Å². The van der Waals surface area contributed by atoms with Crippen LogP contribution in [0.15, 0.2) is 45.6 Å². The summed E-state index contributed by atoms with van der Waals surface area (Å²) in [5.41, 5.74) is 0.382. The number of phenols is 2. The van der Waals surface area contributed by atoms with Gasteiger partial charge in [-0.1, -0.05) is 26.0 Å². The SMILES string of the molecule is CC(C)c1c(O)cc(-c2oc3ccccc3c(=O)c2O)cc1O. The molecule has 1 aromatic heterocycles. The van der Waals surface area contributed by atoms with E-state index < -0.39 is 11.2 Å². The summed E-state index contributed by atoms with van der Waals surface area (Å²) in [4.78, 5) is 12.2. The summed E-state index contributed by atoms with van der Waals surface area (Å²) >= 11 is 0. The minimum Gasteiger partial charge on any atom is -0.507 e. The summed E-state index contributed by atoms with van der Waals surface area (Å²) in [6, 6.07) is 9.28. The first kappa shape index (κ1) is 15.0. The maximum atomic E-state index is 12.2. The van der Waals surface area contributed by atoms with E-state index in [1.807, 2.05) is 13.8 Å². The number of aromatic hydroxyl groups is 3. The largest absolute Gasteiger partial charge is 0.507 e. The van der Waals surface area contributed by atoms with E-state index in [4.69, 9.17) is 4.42 Å². The molecule has 0 aliphatic heterocycles. The zero-order valence-electron chi connectivity index (χ0n) is 12.7. The fourth-order valence-corrected chi connectivity index (χ4v) is 2.67. The highest BCUT2D eigenvalue weighted by molar-refractivity contribution is 5.82. The lowest BCUT2D eigenvalue weighted by Crippen LogP contribution is -2.02. The number of fused-ring (bicyclic) bond motifs is 1. The van der Waals surface area contributed by atoms with Gasteiger partial charge in [0.25, 0.3) is 0 Å². The Labute approximate surface area is 132 Å². The number of rotatable bonds is 2. The van der Waals surface area contributed by atoms with Gasteiger partial charge in [-0.3, -0.25) is 4.79 Å². The van der Waals surface area contributed by atoms with Gasteiger partial charge < -0.3 is 19.7 Å². The van der Waals surface area contributed by atoms with Gasteiger partial charge >= 0.3 is 0 Å². The van der Waals surface area contributed by atoms with Gasteiger partial charge in [-0.15, -0.1) is 0 Å². The molecular weight excluding hydrogens is 296 g/mol. The van der Waals surface area contributed by atoms with E-state index in [-0.39, 0.29) is 34.1 Å². The van der Waals surface area contributed by atoms with Gasteiger partial charge in [0.05, 0.1) is 5.39 Å². The lowest BCUT2D eigenvalue weighted by Gasteiger charge is -2.13. The topological polar surface area (TPSA) is 90.9 Å². The predicted molar refractivity (Wildman–Crippen MR) is 87.0 cm³/mol. The van der Waals surface area contributed by atoms with E-state index in [1.54, 1.807) is 24.3 Å². The second-order valence-electron chi connectivity index (χ2n) is 5.69. The van der Waals surface area contributed by atoms with Crippen molar-refractivity contribution in [2.75, 3.05) is 0 Å². The minimum atomic E-state index is -0.561. The quantitative estimate of drug-likeness (QED) is 0.671. The zero-order chi connectivity index (χ0) is 16.7. The molecule has 0 aliphatic rings. The molecule has 0 bridgehead atoms. The van der Waals surface area contributed by atoms with Crippen LogP contribution in [0.1, 0.15) is 25.3 Å². The van der Waals surface area contributed by atoms with Crippen molar-refractivity contribution < 1.29 is 19.7 Å². The number of benzene rings is 2. The molecule has 118 valence electrons. The van der Waals surface area contributed by atoms with Crippen molar-refractivity contribution in [3.8, 4) is 28.6 Å². The first-order valence-electron chi connectivity index (χ1n) is 7.21. The molecule has 0 amide bonds. The highest BCUT2D eigenvalue weighted by Crippen LogP contribution is 2.40. The zero-order valence-corrected chi connectivity index (χ0v) is 12.7. The van der Waals surface area contributed by atoms with Crippen molar-refractivity contribution >= 4 is 11.0 Å². The van der Waals surface area contributed by atoms with Crippen LogP contribution in [0.4, 0.5) is 0 Å². The summed E-state index contributed by atoms with van der Waals surface area (Å²) in [5, 5.41) is 30.6. The molecule has 3 rings (SSSR count). The van der Waals surface area contributed by atoms with Crippen molar-refractivity contribution in [3.05, 3.63) is 52.2 Å². The van der Waals surface area contributed by atoms with Crippen LogP contribution in [-0.4, -0.2) is 15.3 Å². The maximum absolute atomic E-state index is 12.2. The van der Waals surface area contributed by atoms with Gasteiger partial charge in [0.1, 0.15) is 17.1 Å². The third-order valence-corrected chi connectivity index (χ3v) is 3.75. The van der Waals surface area contributed by atoms with Crippen LogP contribution in [0.5, 0.6) is 17.2 Å². The van der Waals surface area contributed by atoms with E-state index in [2.05, 4.69) is 0 Å². The van der Waals surface area contributed by atoms with E-state index in [9.17, 15) is 20.1 Å². The molecular formula is C18H16O5. The van der Waals surface area contributed by atoms with Crippen LogP contribution in [0.25, 0.3) is 22.3 Å². The van der Waals surface area contributed by atoms with Crippen molar-refractivity contribution in [1.29, 1.82) is 0 Å². The van der Waals surface area contributed by atoms with E-state index in [1.165, 1.54) is 12.1 Å². The predicted octanol–water partition coefficient (Wildman–Crippen LogP) is 3.70. The minimum absolute atomic E-state index is 0.0822. The summed E-state index contributed by atoms with van der Waals surface area (Å²) in [6.07, 6.45) is 0. The molecule has 0 saturated heterocycles. The Morgan fingerprint density at radius 1 is 1.00 bits per heavy atom. The summed E-state index contributed by atoms with van der Waals surface area (Å²) in [6.45, 7) is 3.67. The first-order chi connectivity index (χ1) is 10.9. The lowest BCUT2D eigenvalue weighted by molar-refractivity contribution is 0.431. The Balaban J connectivity index is 2.29. The fourth-order valence-electron chi connectivity index (χ4n) is 2.67. The number of hydrogen-bond acceptors (Lipinski definition) is 5. The molecule has 5 heteroatoms. The van der Waals surface area contributed by atoms with Crippen LogP contribution < -0.4 is 5.43 Å². The maximum Gasteiger partial charge on any atom is 0.235 e. The van der Waals surface area contributed by atoms with Gasteiger partial charge in [0.15, 0.2) is 5.76 Å². The van der Waals surface area contributed by atoms with Crippen LogP contribution >= 0.6 is 0 Å². The monoisotopic (exact) mass is 312 g/mol. The van der Waals surface area contributed by atoms with Crippen molar-refractivity contribution in [1.82, 2.24) is 0 Å². The molecule has 0 aliphatic carbocycles. The first-order valence-corrected chi connectivity index (χ1v) is 7.21. The third kappa shape index (κ3) is 2.40. The van der Waals surface area contributed by atoms with Crippen molar-refractivity contribution in [3.63, 3.8) is 0 Å². The van der Waals surface area contributed by atoms with Crippen LogP contribution in [0, 0.1) is 0 Å². The number of phenolic OH excluding ortho intramolecular Hbond substituents is 2. The van der Waals surface area contributed by atoms with Gasteiger partial charge in [0.2, 0.25) is 11.2 Å². The van der Waals surface area contributed by atoms with E-state index in [0.717, 1.165) is 0 Å². The molecule has 0 unspecified atom stereocenters. The Kier molecular flexibility index (Phi) is 3.48. The molecule has 1 heterocycles. The lowest BCUT2D eigenvalue weighted by atomic mass is 9.98. The molecule has 0 saturated carbocycles. The second-order valence-corrected chi connectivity index (χ2v) is 5.69. The van der Waals surface area contributed by atoms with Gasteiger partial charge in [-0.25, -0.2) is 0 Å². The fraction of sp³-hybridized carbons (Fsp3) is 0.167. The highest BCUT2D eigenvalue weighted by atomic mass is 16.4.